The maximum absolute atomic E-state index is 13.8. The molecule has 1 aliphatic heterocycles. The van der Waals surface area contributed by atoms with Crippen LogP contribution in [0.15, 0.2) is 59.3 Å². The van der Waals surface area contributed by atoms with Crippen molar-refractivity contribution in [3.63, 3.8) is 0 Å². The monoisotopic (exact) mass is 504 g/mol. The fourth-order valence-electron chi connectivity index (χ4n) is 6.10. The number of nitrogens with zero attached hydrogens (tertiary/aromatic N) is 4. The van der Waals surface area contributed by atoms with Gasteiger partial charge in [0.05, 0.1) is 17.3 Å². The third kappa shape index (κ3) is 3.76. The predicted octanol–water partition coefficient (Wildman–Crippen LogP) is 7.20. The second-order valence-corrected chi connectivity index (χ2v) is 10.8. The Labute approximate surface area is 212 Å². The summed E-state index contributed by atoms with van der Waals surface area (Å²) >= 11 is 0. The lowest BCUT2D eigenvalue weighted by molar-refractivity contribution is -0.137. The summed E-state index contributed by atoms with van der Waals surface area (Å²) in [5.74, 6) is 1.02. The van der Waals surface area contributed by atoms with Gasteiger partial charge in [-0.1, -0.05) is 29.4 Å². The number of benzene rings is 2. The minimum Gasteiger partial charge on any atom is -0.371 e. The van der Waals surface area contributed by atoms with E-state index in [2.05, 4.69) is 39.4 Å². The molecule has 2 aromatic heterocycles. The first kappa shape index (κ1) is 22.6. The molecule has 3 aliphatic rings. The van der Waals surface area contributed by atoms with Gasteiger partial charge in [-0.15, -0.1) is 0 Å². The van der Waals surface area contributed by atoms with Crippen LogP contribution in [-0.2, 0) is 13.2 Å². The third-order valence-electron chi connectivity index (χ3n) is 8.36. The van der Waals surface area contributed by atoms with Crippen molar-refractivity contribution in [1.29, 1.82) is 0 Å². The lowest BCUT2D eigenvalue weighted by Crippen LogP contribution is -2.42. The van der Waals surface area contributed by atoms with Crippen LogP contribution in [0, 0.1) is 5.41 Å². The highest BCUT2D eigenvalue weighted by Gasteiger charge is 2.44. The maximum Gasteiger partial charge on any atom is 0.417 e. The highest BCUT2D eigenvalue weighted by molar-refractivity contribution is 5.85. The number of hydrogen-bond acceptors (Lipinski definition) is 4. The Morgan fingerprint density at radius 1 is 1.05 bits per heavy atom. The second-order valence-electron chi connectivity index (χ2n) is 10.8. The molecule has 8 heteroatoms. The number of aromatic nitrogens is 3. The topological polar surface area (TPSA) is 47.1 Å². The SMILES string of the molecule is Cn1ncc2ccc(N3CCC4(C=C(c5c(-c6ccccc6C(F)(F)F)noc5C5CC5)C4)CC3)cc21. The minimum atomic E-state index is -4.45. The molecule has 0 atom stereocenters. The number of anilines is 1. The quantitative estimate of drug-likeness (QED) is 0.295. The van der Waals surface area contributed by atoms with E-state index >= 15 is 0 Å². The van der Waals surface area contributed by atoms with Gasteiger partial charge < -0.3 is 9.42 Å². The van der Waals surface area contributed by atoms with Gasteiger partial charge in [0, 0.05) is 48.3 Å². The molecule has 0 unspecified atom stereocenters. The Balaban J connectivity index is 1.17. The summed E-state index contributed by atoms with van der Waals surface area (Å²) in [6.07, 6.45) is 4.60. The van der Waals surface area contributed by atoms with Crippen molar-refractivity contribution in [3.8, 4) is 11.3 Å². The summed E-state index contributed by atoms with van der Waals surface area (Å²) in [6, 6.07) is 12.2. The molecular formula is C29H27F3N4O. The van der Waals surface area contributed by atoms with Crippen molar-refractivity contribution in [2.24, 2.45) is 12.5 Å². The van der Waals surface area contributed by atoms with Gasteiger partial charge in [-0.3, -0.25) is 4.68 Å². The zero-order chi connectivity index (χ0) is 25.4. The van der Waals surface area contributed by atoms with E-state index < -0.39 is 11.7 Å². The summed E-state index contributed by atoms with van der Waals surface area (Å²) in [7, 11) is 1.96. The fourth-order valence-corrected chi connectivity index (χ4v) is 6.10. The molecule has 2 aromatic carbocycles. The number of rotatable bonds is 4. The van der Waals surface area contributed by atoms with Crippen LogP contribution < -0.4 is 4.90 Å². The summed E-state index contributed by atoms with van der Waals surface area (Å²) in [4.78, 5) is 2.42. The lowest BCUT2D eigenvalue weighted by Gasteiger charge is -2.47. The van der Waals surface area contributed by atoms with Gasteiger partial charge in [-0.25, -0.2) is 0 Å². The third-order valence-corrected chi connectivity index (χ3v) is 8.36. The number of allylic oxidation sites excluding steroid dienone is 2. The summed E-state index contributed by atoms with van der Waals surface area (Å²) in [6.45, 7) is 1.88. The Kier molecular flexibility index (Phi) is 4.88. The highest BCUT2D eigenvalue weighted by atomic mass is 19.4. The van der Waals surface area contributed by atoms with Crippen molar-refractivity contribution in [3.05, 3.63) is 71.6 Å². The van der Waals surface area contributed by atoms with Crippen LogP contribution in [0.3, 0.4) is 0 Å². The average molecular weight is 505 g/mol. The predicted molar refractivity (Wildman–Crippen MR) is 136 cm³/mol. The Hall–Kier alpha value is -3.55. The van der Waals surface area contributed by atoms with E-state index in [0.29, 0.717) is 5.69 Å². The van der Waals surface area contributed by atoms with E-state index in [0.717, 1.165) is 79.1 Å². The lowest BCUT2D eigenvalue weighted by atomic mass is 9.63. The van der Waals surface area contributed by atoms with Gasteiger partial charge in [0.25, 0.3) is 0 Å². The average Bonchev–Trinajstić information content (AvgIpc) is 3.53. The molecule has 7 rings (SSSR count). The molecule has 3 heterocycles. The molecule has 2 fully saturated rings. The van der Waals surface area contributed by atoms with Crippen LogP contribution in [0.2, 0.25) is 0 Å². The first-order valence-corrected chi connectivity index (χ1v) is 12.9. The van der Waals surface area contributed by atoms with Crippen molar-refractivity contribution < 1.29 is 17.7 Å². The van der Waals surface area contributed by atoms with Gasteiger partial charge >= 0.3 is 6.18 Å². The molecule has 37 heavy (non-hydrogen) atoms. The van der Waals surface area contributed by atoms with Crippen LogP contribution in [-0.4, -0.2) is 28.0 Å². The standard InChI is InChI=1S/C29H27F3N4O/c1-35-24-14-21(9-8-19(24)17-33-35)36-12-10-28(11-13-36)15-20(16-28)25-26(34-37-27(25)18-6-7-18)22-4-2-3-5-23(22)29(30,31)32/h2-5,8-9,14-15,17-18H,6-7,10-13,16H2,1H3. The molecule has 1 spiro atoms. The van der Waals surface area contributed by atoms with Crippen molar-refractivity contribution >= 4 is 22.2 Å². The van der Waals surface area contributed by atoms with Crippen LogP contribution in [0.25, 0.3) is 27.7 Å². The number of piperidine rings is 1. The smallest absolute Gasteiger partial charge is 0.371 e. The number of aryl methyl sites for hydroxylation is 1. The zero-order valence-corrected chi connectivity index (χ0v) is 20.6. The van der Waals surface area contributed by atoms with E-state index in [1.807, 2.05) is 17.9 Å². The Bertz CT molecular complexity index is 1530. The molecule has 0 amide bonds. The van der Waals surface area contributed by atoms with Gasteiger partial charge in [0.15, 0.2) is 0 Å². The van der Waals surface area contributed by atoms with Crippen molar-refractivity contribution in [1.82, 2.24) is 14.9 Å². The van der Waals surface area contributed by atoms with E-state index in [4.69, 9.17) is 4.52 Å². The van der Waals surface area contributed by atoms with Crippen molar-refractivity contribution in [2.75, 3.05) is 18.0 Å². The molecule has 0 N–H and O–H groups in total. The fraction of sp³-hybridized carbons (Fsp3) is 0.379. The van der Waals surface area contributed by atoms with Crippen molar-refractivity contribution in [2.45, 2.75) is 44.2 Å². The molecule has 4 aromatic rings. The van der Waals surface area contributed by atoms with Crippen LogP contribution >= 0.6 is 0 Å². The zero-order valence-electron chi connectivity index (χ0n) is 20.6. The number of alkyl halides is 3. The summed E-state index contributed by atoms with van der Waals surface area (Å²) in [5, 5.41) is 9.69. The van der Waals surface area contributed by atoms with E-state index in [9.17, 15) is 13.2 Å². The number of halogens is 3. The Morgan fingerprint density at radius 2 is 1.81 bits per heavy atom. The molecule has 2 aliphatic carbocycles. The van der Waals surface area contributed by atoms with Crippen LogP contribution in [0.5, 0.6) is 0 Å². The number of fused-ring (bicyclic) bond motifs is 1. The largest absolute Gasteiger partial charge is 0.417 e. The van der Waals surface area contributed by atoms with E-state index in [1.165, 1.54) is 17.8 Å². The van der Waals surface area contributed by atoms with E-state index in [1.54, 1.807) is 6.07 Å². The Morgan fingerprint density at radius 3 is 2.54 bits per heavy atom. The minimum absolute atomic E-state index is 0.0847. The molecule has 190 valence electrons. The first-order valence-electron chi connectivity index (χ1n) is 12.9. The summed E-state index contributed by atoms with van der Waals surface area (Å²) < 4.78 is 49.0. The van der Waals surface area contributed by atoms with E-state index in [-0.39, 0.29) is 16.9 Å². The molecule has 0 radical (unpaired) electrons. The van der Waals surface area contributed by atoms with Gasteiger partial charge in [-0.05, 0) is 67.4 Å². The van der Waals surface area contributed by atoms with Crippen LogP contribution in [0.1, 0.15) is 54.9 Å². The van der Waals surface area contributed by atoms with Crippen LogP contribution in [0.4, 0.5) is 18.9 Å². The summed E-state index contributed by atoms with van der Waals surface area (Å²) in [5.41, 5.74) is 4.06. The highest BCUT2D eigenvalue weighted by Crippen LogP contribution is 2.56. The molecule has 1 saturated carbocycles. The molecule has 1 saturated heterocycles. The molecule has 0 bridgehead atoms. The van der Waals surface area contributed by atoms with Gasteiger partial charge in [0.2, 0.25) is 0 Å². The molecule has 5 nitrogen and oxygen atoms in total. The van der Waals surface area contributed by atoms with Gasteiger partial charge in [0.1, 0.15) is 11.5 Å². The van der Waals surface area contributed by atoms with Gasteiger partial charge in [-0.2, -0.15) is 18.3 Å². The second kappa shape index (κ2) is 7.97. The normalized spacial score (nSPS) is 19.4. The maximum atomic E-state index is 13.8. The first-order chi connectivity index (χ1) is 17.8. The number of hydrogen-bond donors (Lipinski definition) is 0. The molecular weight excluding hydrogens is 477 g/mol.